The molecular weight excluding hydrogens is 326 g/mol. The third-order valence-corrected chi connectivity index (χ3v) is 4.36. The second kappa shape index (κ2) is 6.60. The van der Waals surface area contributed by atoms with E-state index in [1.54, 1.807) is 0 Å². The van der Waals surface area contributed by atoms with Gasteiger partial charge >= 0.3 is 0 Å². The van der Waals surface area contributed by atoms with Gasteiger partial charge in [-0.05, 0) is 61.1 Å². The van der Waals surface area contributed by atoms with E-state index in [2.05, 4.69) is 53.4 Å². The lowest BCUT2D eigenvalue weighted by Crippen LogP contribution is -2.27. The molecule has 2 aromatic carbocycles. The van der Waals surface area contributed by atoms with Gasteiger partial charge in [0, 0.05) is 40.9 Å². The third-order valence-electron chi connectivity index (χ3n) is 3.88. The molecule has 3 aromatic rings. The molecule has 3 nitrogen and oxygen atoms in total. The molecule has 0 radical (unpaired) electrons. The molecule has 118 valence electrons. The number of thiocarbonyl (C=S) groups is 1. The average Bonchev–Trinajstić information content (AvgIpc) is 2.80. The number of anilines is 1. The van der Waals surface area contributed by atoms with Gasteiger partial charge in [0.15, 0.2) is 5.11 Å². The standard InChI is InChI=1S/C18H18ClN3S/c1-12-8-14-9-13(6-7-17(14)22(12)2)11-20-18(23)21-16-5-3-4-15(19)10-16/h3-10H,11H2,1-2H3,(H2,20,21,23). The van der Waals surface area contributed by atoms with Crippen LogP contribution in [0.1, 0.15) is 11.3 Å². The van der Waals surface area contributed by atoms with Crippen LogP contribution in [0.3, 0.4) is 0 Å². The Morgan fingerprint density at radius 2 is 2.00 bits per heavy atom. The Kier molecular flexibility index (Phi) is 4.55. The maximum Gasteiger partial charge on any atom is 0.171 e. The Balaban J connectivity index is 1.64. The van der Waals surface area contributed by atoms with Crippen LogP contribution in [0.25, 0.3) is 10.9 Å². The largest absolute Gasteiger partial charge is 0.358 e. The Morgan fingerprint density at radius 3 is 2.78 bits per heavy atom. The predicted molar refractivity (Wildman–Crippen MR) is 102 cm³/mol. The summed E-state index contributed by atoms with van der Waals surface area (Å²) in [5, 5.41) is 8.87. The maximum absolute atomic E-state index is 5.97. The van der Waals surface area contributed by atoms with E-state index in [0.29, 0.717) is 16.7 Å². The molecular formula is C18H18ClN3S. The highest BCUT2D eigenvalue weighted by atomic mass is 35.5. The summed E-state index contributed by atoms with van der Waals surface area (Å²) in [6.07, 6.45) is 0. The summed E-state index contributed by atoms with van der Waals surface area (Å²) in [7, 11) is 2.08. The number of nitrogens with zero attached hydrogens (tertiary/aromatic N) is 1. The highest BCUT2D eigenvalue weighted by Crippen LogP contribution is 2.20. The van der Waals surface area contributed by atoms with Gasteiger partial charge in [0.25, 0.3) is 0 Å². The van der Waals surface area contributed by atoms with Crippen molar-refractivity contribution in [2.45, 2.75) is 13.5 Å². The van der Waals surface area contributed by atoms with Crippen LogP contribution in [0.5, 0.6) is 0 Å². The fourth-order valence-electron chi connectivity index (χ4n) is 2.57. The van der Waals surface area contributed by atoms with E-state index in [1.165, 1.54) is 22.2 Å². The van der Waals surface area contributed by atoms with Gasteiger partial charge in [-0.15, -0.1) is 0 Å². The number of hydrogen-bond donors (Lipinski definition) is 2. The molecule has 0 aliphatic rings. The molecule has 5 heteroatoms. The van der Waals surface area contributed by atoms with Gasteiger partial charge in [-0.1, -0.05) is 23.7 Å². The summed E-state index contributed by atoms with van der Waals surface area (Å²) in [5.74, 6) is 0. The van der Waals surface area contributed by atoms with E-state index in [4.69, 9.17) is 23.8 Å². The van der Waals surface area contributed by atoms with Crippen molar-refractivity contribution in [1.29, 1.82) is 0 Å². The lowest BCUT2D eigenvalue weighted by Gasteiger charge is -2.11. The number of rotatable bonds is 3. The van der Waals surface area contributed by atoms with Crippen LogP contribution in [0, 0.1) is 6.92 Å². The summed E-state index contributed by atoms with van der Waals surface area (Å²) < 4.78 is 2.19. The molecule has 0 fully saturated rings. The molecule has 0 bridgehead atoms. The molecule has 0 atom stereocenters. The van der Waals surface area contributed by atoms with E-state index in [1.807, 2.05) is 24.3 Å². The van der Waals surface area contributed by atoms with Crippen LogP contribution in [0.2, 0.25) is 5.02 Å². The molecule has 1 aromatic heterocycles. The highest BCUT2D eigenvalue weighted by molar-refractivity contribution is 7.80. The van der Waals surface area contributed by atoms with E-state index in [-0.39, 0.29) is 0 Å². The van der Waals surface area contributed by atoms with Crippen LogP contribution >= 0.6 is 23.8 Å². The summed E-state index contributed by atoms with van der Waals surface area (Å²) >= 11 is 11.3. The molecule has 23 heavy (non-hydrogen) atoms. The number of fused-ring (bicyclic) bond motifs is 1. The van der Waals surface area contributed by atoms with Gasteiger partial charge in [0.05, 0.1) is 0 Å². The van der Waals surface area contributed by atoms with Gasteiger partial charge in [-0.3, -0.25) is 0 Å². The SMILES string of the molecule is Cc1cc2cc(CNC(=S)Nc3cccc(Cl)c3)ccc2n1C. The molecule has 1 heterocycles. The Labute approximate surface area is 146 Å². The van der Waals surface area contributed by atoms with E-state index in [0.717, 1.165) is 5.69 Å². The molecule has 0 spiro atoms. The van der Waals surface area contributed by atoms with Gasteiger partial charge < -0.3 is 15.2 Å². The van der Waals surface area contributed by atoms with Crippen LogP contribution in [-0.4, -0.2) is 9.68 Å². The van der Waals surface area contributed by atoms with E-state index >= 15 is 0 Å². The number of aryl methyl sites for hydroxylation is 2. The number of hydrogen-bond acceptors (Lipinski definition) is 1. The molecule has 2 N–H and O–H groups in total. The summed E-state index contributed by atoms with van der Waals surface area (Å²) in [5.41, 5.74) is 4.57. The molecule has 0 aliphatic carbocycles. The summed E-state index contributed by atoms with van der Waals surface area (Å²) in [4.78, 5) is 0. The lowest BCUT2D eigenvalue weighted by molar-refractivity contribution is 0.913. The van der Waals surface area contributed by atoms with Crippen molar-refractivity contribution in [3.63, 3.8) is 0 Å². The minimum absolute atomic E-state index is 0.580. The number of benzene rings is 2. The van der Waals surface area contributed by atoms with Crippen molar-refractivity contribution in [3.05, 3.63) is 64.8 Å². The fraction of sp³-hybridized carbons (Fsp3) is 0.167. The maximum atomic E-state index is 5.97. The normalized spacial score (nSPS) is 10.7. The predicted octanol–water partition coefficient (Wildman–Crippen LogP) is 4.63. The quantitative estimate of drug-likeness (QED) is 0.679. The van der Waals surface area contributed by atoms with Gasteiger partial charge in [0.1, 0.15) is 0 Å². The zero-order valence-electron chi connectivity index (χ0n) is 13.1. The van der Waals surface area contributed by atoms with Crippen molar-refractivity contribution in [3.8, 4) is 0 Å². The van der Waals surface area contributed by atoms with Crippen molar-refractivity contribution >= 4 is 45.5 Å². The first-order chi connectivity index (χ1) is 11.0. The van der Waals surface area contributed by atoms with Crippen molar-refractivity contribution < 1.29 is 0 Å². The average molecular weight is 344 g/mol. The van der Waals surface area contributed by atoms with Crippen LogP contribution in [-0.2, 0) is 13.6 Å². The van der Waals surface area contributed by atoms with Gasteiger partial charge in [0.2, 0.25) is 0 Å². The smallest absolute Gasteiger partial charge is 0.171 e. The Bertz CT molecular complexity index is 870. The number of nitrogens with one attached hydrogen (secondary N) is 2. The highest BCUT2D eigenvalue weighted by Gasteiger charge is 2.04. The zero-order valence-corrected chi connectivity index (χ0v) is 14.6. The Hall–Kier alpha value is -2.04. The second-order valence-electron chi connectivity index (χ2n) is 5.56. The number of aromatic nitrogens is 1. The first-order valence-electron chi connectivity index (χ1n) is 7.38. The molecule has 0 amide bonds. The summed E-state index contributed by atoms with van der Waals surface area (Å²) in [6.45, 7) is 2.79. The van der Waals surface area contributed by atoms with Crippen LogP contribution in [0.15, 0.2) is 48.5 Å². The molecule has 3 rings (SSSR count). The van der Waals surface area contributed by atoms with Crippen LogP contribution in [0.4, 0.5) is 5.69 Å². The van der Waals surface area contributed by atoms with Gasteiger partial charge in [-0.2, -0.15) is 0 Å². The van der Waals surface area contributed by atoms with Crippen molar-refractivity contribution in [2.24, 2.45) is 7.05 Å². The molecule has 0 saturated carbocycles. The minimum Gasteiger partial charge on any atom is -0.358 e. The van der Waals surface area contributed by atoms with Crippen molar-refractivity contribution in [2.75, 3.05) is 5.32 Å². The Morgan fingerprint density at radius 1 is 1.17 bits per heavy atom. The van der Waals surface area contributed by atoms with E-state index in [9.17, 15) is 0 Å². The minimum atomic E-state index is 0.580. The monoisotopic (exact) mass is 343 g/mol. The van der Waals surface area contributed by atoms with Crippen molar-refractivity contribution in [1.82, 2.24) is 9.88 Å². The molecule has 0 aliphatic heterocycles. The van der Waals surface area contributed by atoms with Gasteiger partial charge in [-0.25, -0.2) is 0 Å². The van der Waals surface area contributed by atoms with E-state index < -0.39 is 0 Å². The summed E-state index contributed by atoms with van der Waals surface area (Å²) in [6, 6.07) is 16.1. The first kappa shape index (κ1) is 15.8. The molecule has 0 unspecified atom stereocenters. The second-order valence-corrected chi connectivity index (χ2v) is 6.40. The lowest BCUT2D eigenvalue weighted by atomic mass is 10.1. The zero-order chi connectivity index (χ0) is 16.4. The number of halogens is 1. The van der Waals surface area contributed by atoms with Crippen LogP contribution < -0.4 is 10.6 Å². The molecule has 0 saturated heterocycles. The first-order valence-corrected chi connectivity index (χ1v) is 8.17. The topological polar surface area (TPSA) is 29.0 Å². The third kappa shape index (κ3) is 3.66. The fourth-order valence-corrected chi connectivity index (χ4v) is 2.95.